The molecule has 0 amide bonds. The van der Waals surface area contributed by atoms with E-state index in [4.69, 9.17) is 0 Å². The highest BCUT2D eigenvalue weighted by Gasteiger charge is 2.05. The molecule has 0 aliphatic carbocycles. The van der Waals surface area contributed by atoms with Gasteiger partial charge in [0.15, 0.2) is 0 Å². The normalized spacial score (nSPS) is 14.1. The monoisotopic (exact) mass is 270 g/mol. The maximum Gasteiger partial charge on any atom is 0.00721 e. The van der Waals surface area contributed by atoms with Crippen molar-refractivity contribution in [3.05, 3.63) is 40.9 Å². The number of halogens is 1. The maximum atomic E-state index is 3.56. The van der Waals surface area contributed by atoms with Gasteiger partial charge in [0.1, 0.15) is 0 Å². The molecule has 0 bridgehead atoms. The lowest BCUT2D eigenvalue weighted by Gasteiger charge is -2.09. The summed E-state index contributed by atoms with van der Waals surface area (Å²) < 4.78 is 1.29. The average molecular weight is 271 g/mol. The third-order valence-electron chi connectivity index (χ3n) is 1.99. The van der Waals surface area contributed by atoms with Crippen molar-refractivity contribution < 1.29 is 0 Å². The fourth-order valence-corrected chi connectivity index (χ4v) is 2.45. The highest BCUT2D eigenvalue weighted by Crippen LogP contribution is 2.26. The van der Waals surface area contributed by atoms with Gasteiger partial charge in [-0.2, -0.15) is 0 Å². The molecule has 0 aliphatic rings. The standard InChI is InChI=1S/C12H15BrS/c1-3-12(13)10(2)9-14-11-7-5-4-6-8-11/h3-8,10H,9H2,1-2H3/b12-3+/t10-/m0/s1. The third-order valence-corrected chi connectivity index (χ3v) is 4.50. The van der Waals surface area contributed by atoms with Crippen molar-refractivity contribution >= 4 is 27.7 Å². The number of benzene rings is 1. The molecule has 1 aromatic rings. The molecule has 2 heteroatoms. The lowest BCUT2D eigenvalue weighted by molar-refractivity contribution is 0.833. The van der Waals surface area contributed by atoms with Gasteiger partial charge in [-0.05, 0) is 29.5 Å². The Kier molecular flexibility index (Phi) is 5.34. The van der Waals surface area contributed by atoms with Crippen LogP contribution in [-0.4, -0.2) is 5.75 Å². The van der Waals surface area contributed by atoms with E-state index in [0.717, 1.165) is 5.75 Å². The zero-order valence-corrected chi connectivity index (χ0v) is 10.9. The number of rotatable bonds is 4. The summed E-state index contributed by atoms with van der Waals surface area (Å²) in [5, 5.41) is 0. The van der Waals surface area contributed by atoms with Crippen LogP contribution in [0.2, 0.25) is 0 Å². The molecular formula is C12H15BrS. The second-order valence-electron chi connectivity index (χ2n) is 3.20. The van der Waals surface area contributed by atoms with Crippen LogP contribution in [0, 0.1) is 5.92 Å². The van der Waals surface area contributed by atoms with E-state index in [1.165, 1.54) is 9.38 Å². The smallest absolute Gasteiger partial charge is 0.00721 e. The number of hydrogen-bond donors (Lipinski definition) is 0. The summed E-state index contributed by atoms with van der Waals surface area (Å²) in [4.78, 5) is 1.34. The van der Waals surface area contributed by atoms with Gasteiger partial charge < -0.3 is 0 Å². The van der Waals surface area contributed by atoms with Gasteiger partial charge >= 0.3 is 0 Å². The summed E-state index contributed by atoms with van der Waals surface area (Å²) in [5.74, 6) is 1.71. The van der Waals surface area contributed by atoms with E-state index in [1.807, 2.05) is 11.8 Å². The molecule has 14 heavy (non-hydrogen) atoms. The molecule has 0 nitrogen and oxygen atoms in total. The lowest BCUT2D eigenvalue weighted by atomic mass is 10.2. The second kappa shape index (κ2) is 6.31. The quantitative estimate of drug-likeness (QED) is 0.714. The summed E-state index contributed by atoms with van der Waals surface area (Å²) in [6.07, 6.45) is 2.12. The predicted octanol–water partition coefficient (Wildman–Crippen LogP) is 4.71. The fraction of sp³-hybridized carbons (Fsp3) is 0.333. The van der Waals surface area contributed by atoms with Crippen LogP contribution in [0.1, 0.15) is 13.8 Å². The molecule has 0 aromatic heterocycles. The Bertz CT molecular complexity index is 292. The Balaban J connectivity index is 2.42. The number of thioether (sulfide) groups is 1. The Morgan fingerprint density at radius 3 is 2.64 bits per heavy atom. The molecule has 0 radical (unpaired) electrons. The Morgan fingerprint density at radius 2 is 2.07 bits per heavy atom. The minimum absolute atomic E-state index is 0.588. The summed E-state index contributed by atoms with van der Waals surface area (Å²) >= 11 is 5.46. The van der Waals surface area contributed by atoms with Gasteiger partial charge in [0.05, 0.1) is 0 Å². The van der Waals surface area contributed by atoms with Gasteiger partial charge in [-0.25, -0.2) is 0 Å². The maximum absolute atomic E-state index is 3.56. The minimum Gasteiger partial charge on any atom is -0.126 e. The molecule has 0 saturated carbocycles. The van der Waals surface area contributed by atoms with Gasteiger partial charge in [0.25, 0.3) is 0 Å². The molecular weight excluding hydrogens is 256 g/mol. The van der Waals surface area contributed by atoms with Gasteiger partial charge in [-0.15, -0.1) is 11.8 Å². The first kappa shape index (κ1) is 11.9. The van der Waals surface area contributed by atoms with Gasteiger partial charge in [-0.1, -0.05) is 47.1 Å². The van der Waals surface area contributed by atoms with E-state index < -0.39 is 0 Å². The van der Waals surface area contributed by atoms with E-state index in [-0.39, 0.29) is 0 Å². The van der Waals surface area contributed by atoms with Crippen LogP contribution in [0.5, 0.6) is 0 Å². The van der Waals surface area contributed by atoms with Crippen LogP contribution < -0.4 is 0 Å². The first-order valence-corrected chi connectivity index (χ1v) is 6.51. The van der Waals surface area contributed by atoms with Crippen LogP contribution in [0.25, 0.3) is 0 Å². The zero-order chi connectivity index (χ0) is 10.4. The van der Waals surface area contributed by atoms with Crippen molar-refractivity contribution in [3.8, 4) is 0 Å². The van der Waals surface area contributed by atoms with Crippen LogP contribution in [-0.2, 0) is 0 Å². The highest BCUT2D eigenvalue weighted by atomic mass is 79.9. The van der Waals surface area contributed by atoms with Gasteiger partial charge in [-0.3, -0.25) is 0 Å². The van der Waals surface area contributed by atoms with E-state index in [2.05, 4.69) is 66.2 Å². The molecule has 0 spiro atoms. The molecule has 1 atom stereocenters. The van der Waals surface area contributed by atoms with Crippen molar-refractivity contribution in [2.75, 3.05) is 5.75 Å². The SMILES string of the molecule is C/C=C(/Br)[C@@H](C)CSc1ccccc1. The van der Waals surface area contributed by atoms with Crippen LogP contribution in [0.15, 0.2) is 45.8 Å². The lowest BCUT2D eigenvalue weighted by Crippen LogP contribution is -1.97. The Labute approximate surface area is 98.9 Å². The van der Waals surface area contributed by atoms with Crippen LogP contribution >= 0.6 is 27.7 Å². The molecule has 76 valence electrons. The summed E-state index contributed by atoms with van der Waals surface area (Å²) in [7, 11) is 0. The van der Waals surface area contributed by atoms with E-state index in [0.29, 0.717) is 5.92 Å². The third kappa shape index (κ3) is 3.89. The van der Waals surface area contributed by atoms with Crippen molar-refractivity contribution in [2.24, 2.45) is 5.92 Å². The Hall–Kier alpha value is -0.210. The summed E-state index contributed by atoms with van der Waals surface area (Å²) in [5.41, 5.74) is 0. The number of hydrogen-bond acceptors (Lipinski definition) is 1. The van der Waals surface area contributed by atoms with E-state index >= 15 is 0 Å². The summed E-state index contributed by atoms with van der Waals surface area (Å²) in [6.45, 7) is 4.30. The van der Waals surface area contributed by atoms with Gasteiger partial charge in [0.2, 0.25) is 0 Å². The first-order chi connectivity index (χ1) is 6.74. The van der Waals surface area contributed by atoms with Crippen molar-refractivity contribution in [1.29, 1.82) is 0 Å². The highest BCUT2D eigenvalue weighted by molar-refractivity contribution is 9.11. The molecule has 0 unspecified atom stereocenters. The molecule has 0 heterocycles. The van der Waals surface area contributed by atoms with Crippen molar-refractivity contribution in [3.63, 3.8) is 0 Å². The summed E-state index contributed by atoms with van der Waals surface area (Å²) in [6, 6.07) is 10.5. The second-order valence-corrected chi connectivity index (χ2v) is 5.21. The topological polar surface area (TPSA) is 0 Å². The molecule has 0 N–H and O–H groups in total. The molecule has 1 rings (SSSR count). The molecule has 0 aliphatic heterocycles. The Morgan fingerprint density at radius 1 is 1.43 bits per heavy atom. The average Bonchev–Trinajstić information content (AvgIpc) is 2.26. The fourth-order valence-electron chi connectivity index (χ4n) is 1.10. The number of allylic oxidation sites excluding steroid dienone is 2. The molecule has 0 fully saturated rings. The first-order valence-electron chi connectivity index (χ1n) is 4.73. The van der Waals surface area contributed by atoms with Crippen LogP contribution in [0.4, 0.5) is 0 Å². The minimum atomic E-state index is 0.588. The van der Waals surface area contributed by atoms with E-state index in [1.54, 1.807) is 0 Å². The van der Waals surface area contributed by atoms with Gasteiger partial charge in [0, 0.05) is 10.6 Å². The van der Waals surface area contributed by atoms with Crippen molar-refractivity contribution in [1.82, 2.24) is 0 Å². The zero-order valence-electron chi connectivity index (χ0n) is 8.53. The van der Waals surface area contributed by atoms with Crippen molar-refractivity contribution in [2.45, 2.75) is 18.7 Å². The van der Waals surface area contributed by atoms with E-state index in [9.17, 15) is 0 Å². The predicted molar refractivity (Wildman–Crippen MR) is 69.0 cm³/mol. The van der Waals surface area contributed by atoms with Crippen LogP contribution in [0.3, 0.4) is 0 Å². The largest absolute Gasteiger partial charge is 0.126 e. The molecule has 1 aromatic carbocycles. The molecule has 0 saturated heterocycles.